The van der Waals surface area contributed by atoms with Gasteiger partial charge in [0.15, 0.2) is 6.10 Å². The van der Waals surface area contributed by atoms with E-state index >= 15 is 0 Å². The number of carboxylic acid groups (broad SMARTS) is 1. The Morgan fingerprint density at radius 3 is 2.52 bits per heavy atom. The molecule has 2 atom stereocenters. The van der Waals surface area contributed by atoms with Crippen molar-refractivity contribution in [2.75, 3.05) is 13.7 Å². The number of benzene rings is 1. The van der Waals surface area contributed by atoms with E-state index in [1.54, 1.807) is 0 Å². The van der Waals surface area contributed by atoms with Gasteiger partial charge in [-0.3, -0.25) is 4.79 Å². The number of rotatable bonds is 9. The normalized spacial score (nSPS) is 13.4. The Bertz CT molecular complexity index is 447. The number of carbonyl (C=O) groups is 2. The molecule has 2 unspecified atom stereocenters. The lowest BCUT2D eigenvalue weighted by atomic mass is 10.0. The van der Waals surface area contributed by atoms with E-state index in [-0.39, 0.29) is 18.4 Å². The Morgan fingerprint density at radius 1 is 1.29 bits per heavy atom. The van der Waals surface area contributed by atoms with E-state index in [4.69, 9.17) is 9.84 Å². The molecular formula is C16H23NO4. The second-order valence-corrected chi connectivity index (χ2v) is 5.09. The molecule has 21 heavy (non-hydrogen) atoms. The summed E-state index contributed by atoms with van der Waals surface area (Å²) < 4.78 is 4.77. The maximum atomic E-state index is 11.9. The van der Waals surface area contributed by atoms with Gasteiger partial charge in [-0.15, -0.1) is 0 Å². The van der Waals surface area contributed by atoms with Crippen LogP contribution in [0.3, 0.4) is 0 Å². The summed E-state index contributed by atoms with van der Waals surface area (Å²) in [5.74, 6) is -1.35. The van der Waals surface area contributed by atoms with Gasteiger partial charge < -0.3 is 15.2 Å². The van der Waals surface area contributed by atoms with E-state index in [1.165, 1.54) is 12.7 Å². The summed E-state index contributed by atoms with van der Waals surface area (Å²) in [6.45, 7) is 1.84. The summed E-state index contributed by atoms with van der Waals surface area (Å²) in [6.07, 6.45) is 1.63. The first-order valence-corrected chi connectivity index (χ1v) is 7.11. The van der Waals surface area contributed by atoms with Gasteiger partial charge in [0.1, 0.15) is 0 Å². The minimum atomic E-state index is -1.07. The van der Waals surface area contributed by atoms with Gasteiger partial charge in [0.2, 0.25) is 5.91 Å². The maximum absolute atomic E-state index is 11.9. The van der Waals surface area contributed by atoms with Crippen molar-refractivity contribution < 1.29 is 19.4 Å². The lowest BCUT2D eigenvalue weighted by Gasteiger charge is -2.15. The highest BCUT2D eigenvalue weighted by atomic mass is 16.5. The fourth-order valence-corrected chi connectivity index (χ4v) is 2.03. The quantitative estimate of drug-likeness (QED) is 0.728. The fourth-order valence-electron chi connectivity index (χ4n) is 2.03. The van der Waals surface area contributed by atoms with E-state index in [9.17, 15) is 9.59 Å². The third-order valence-corrected chi connectivity index (χ3v) is 3.41. The van der Waals surface area contributed by atoms with Crippen molar-refractivity contribution in [1.82, 2.24) is 5.32 Å². The molecular weight excluding hydrogens is 270 g/mol. The van der Waals surface area contributed by atoms with Gasteiger partial charge in [-0.05, 0) is 24.8 Å². The Morgan fingerprint density at radius 2 is 1.95 bits per heavy atom. The highest BCUT2D eigenvalue weighted by Crippen LogP contribution is 2.10. The lowest BCUT2D eigenvalue weighted by Crippen LogP contribution is -2.39. The molecule has 2 N–H and O–H groups in total. The molecule has 0 radical (unpaired) electrons. The van der Waals surface area contributed by atoms with Crippen LogP contribution in [0.1, 0.15) is 25.3 Å². The van der Waals surface area contributed by atoms with Crippen molar-refractivity contribution in [2.45, 2.75) is 32.3 Å². The van der Waals surface area contributed by atoms with E-state index in [0.717, 1.165) is 19.3 Å². The highest BCUT2D eigenvalue weighted by molar-refractivity contribution is 5.79. The molecule has 1 amide bonds. The molecule has 0 saturated carbocycles. The van der Waals surface area contributed by atoms with E-state index in [1.807, 2.05) is 25.1 Å². The van der Waals surface area contributed by atoms with E-state index in [2.05, 4.69) is 17.4 Å². The predicted molar refractivity (Wildman–Crippen MR) is 80.0 cm³/mol. The highest BCUT2D eigenvalue weighted by Gasteiger charge is 2.19. The topological polar surface area (TPSA) is 75.6 Å². The van der Waals surface area contributed by atoms with Crippen molar-refractivity contribution in [3.8, 4) is 0 Å². The van der Waals surface area contributed by atoms with Crippen molar-refractivity contribution in [3.63, 3.8) is 0 Å². The molecule has 0 aromatic heterocycles. The smallest absolute Gasteiger partial charge is 0.334 e. The maximum Gasteiger partial charge on any atom is 0.334 e. The van der Waals surface area contributed by atoms with Crippen molar-refractivity contribution in [3.05, 3.63) is 35.9 Å². The van der Waals surface area contributed by atoms with Crippen LogP contribution in [0.2, 0.25) is 0 Å². The minimum absolute atomic E-state index is 0.00626. The van der Waals surface area contributed by atoms with Crippen molar-refractivity contribution in [2.24, 2.45) is 5.92 Å². The van der Waals surface area contributed by atoms with Gasteiger partial charge in [0, 0.05) is 13.0 Å². The molecule has 116 valence electrons. The molecule has 0 spiro atoms. The SMILES string of the molecule is COC(CNC(=O)C(C)CCCc1ccccc1)C(=O)O. The Hall–Kier alpha value is -1.88. The molecule has 0 aliphatic carbocycles. The van der Waals surface area contributed by atoms with Gasteiger partial charge >= 0.3 is 5.97 Å². The number of ether oxygens (including phenoxy) is 1. The van der Waals surface area contributed by atoms with Crippen molar-refractivity contribution >= 4 is 11.9 Å². The van der Waals surface area contributed by atoms with Crippen LogP contribution in [0.15, 0.2) is 30.3 Å². The molecule has 5 nitrogen and oxygen atoms in total. The average molecular weight is 293 g/mol. The number of methoxy groups -OCH3 is 1. The second kappa shape index (κ2) is 9.13. The number of hydrogen-bond donors (Lipinski definition) is 2. The predicted octanol–water partition coefficient (Wildman–Crippen LogP) is 1.86. The van der Waals surface area contributed by atoms with E-state index < -0.39 is 12.1 Å². The molecule has 1 aromatic carbocycles. The van der Waals surface area contributed by atoms with Crippen LogP contribution in [0.25, 0.3) is 0 Å². The average Bonchev–Trinajstić information content (AvgIpc) is 2.48. The Labute approximate surface area is 125 Å². The molecule has 0 aliphatic heterocycles. The summed E-state index contributed by atoms with van der Waals surface area (Å²) in [5, 5.41) is 11.4. The molecule has 0 fully saturated rings. The molecule has 0 bridgehead atoms. The first-order valence-electron chi connectivity index (χ1n) is 7.11. The first-order chi connectivity index (χ1) is 10.0. The third kappa shape index (κ3) is 6.40. The van der Waals surface area contributed by atoms with Gasteiger partial charge in [-0.1, -0.05) is 37.3 Å². The van der Waals surface area contributed by atoms with Crippen LogP contribution in [-0.4, -0.2) is 36.7 Å². The largest absolute Gasteiger partial charge is 0.479 e. The fraction of sp³-hybridized carbons (Fsp3) is 0.500. The van der Waals surface area contributed by atoms with Crippen LogP contribution in [0.5, 0.6) is 0 Å². The van der Waals surface area contributed by atoms with E-state index in [0.29, 0.717) is 0 Å². The van der Waals surface area contributed by atoms with Crippen LogP contribution < -0.4 is 5.32 Å². The second-order valence-electron chi connectivity index (χ2n) is 5.09. The zero-order chi connectivity index (χ0) is 15.7. The molecule has 0 saturated heterocycles. The third-order valence-electron chi connectivity index (χ3n) is 3.41. The van der Waals surface area contributed by atoms with Crippen molar-refractivity contribution in [1.29, 1.82) is 0 Å². The first kappa shape index (κ1) is 17.2. The summed E-state index contributed by atoms with van der Waals surface area (Å²) >= 11 is 0. The lowest BCUT2D eigenvalue weighted by molar-refractivity contribution is -0.148. The van der Waals surface area contributed by atoms with Gasteiger partial charge in [0.05, 0.1) is 6.54 Å². The zero-order valence-corrected chi connectivity index (χ0v) is 12.5. The summed E-state index contributed by atoms with van der Waals surface area (Å²) in [7, 11) is 1.31. The zero-order valence-electron chi connectivity index (χ0n) is 12.5. The Balaban J connectivity index is 2.26. The number of aliphatic carboxylic acids is 1. The van der Waals surface area contributed by atoms with Crippen LogP contribution >= 0.6 is 0 Å². The Kier molecular flexibility index (Phi) is 7.46. The van der Waals surface area contributed by atoms with Crippen LogP contribution in [0.4, 0.5) is 0 Å². The summed E-state index contributed by atoms with van der Waals surface area (Å²) in [5.41, 5.74) is 1.26. The van der Waals surface area contributed by atoms with Gasteiger partial charge in [-0.2, -0.15) is 0 Å². The molecule has 0 heterocycles. The molecule has 5 heteroatoms. The number of nitrogens with one attached hydrogen (secondary N) is 1. The molecule has 1 aromatic rings. The van der Waals surface area contributed by atoms with Gasteiger partial charge in [-0.25, -0.2) is 4.79 Å². The van der Waals surface area contributed by atoms with Gasteiger partial charge in [0.25, 0.3) is 0 Å². The van der Waals surface area contributed by atoms with Crippen LogP contribution in [-0.2, 0) is 20.7 Å². The summed E-state index contributed by atoms with van der Waals surface area (Å²) in [4.78, 5) is 22.6. The minimum Gasteiger partial charge on any atom is -0.479 e. The van der Waals surface area contributed by atoms with Crippen LogP contribution in [0, 0.1) is 5.92 Å². The monoisotopic (exact) mass is 293 g/mol. The molecule has 0 aliphatic rings. The number of hydrogen-bond acceptors (Lipinski definition) is 3. The number of carbonyl (C=O) groups excluding carboxylic acids is 1. The number of aryl methyl sites for hydroxylation is 1. The number of amides is 1. The molecule has 1 rings (SSSR count). The standard InChI is InChI=1S/C16H23NO4/c1-12(7-6-10-13-8-4-3-5-9-13)15(18)17-11-14(21-2)16(19)20/h3-5,8-9,12,14H,6-7,10-11H2,1-2H3,(H,17,18)(H,19,20). The summed E-state index contributed by atoms with van der Waals surface area (Å²) in [6, 6.07) is 10.1. The number of carboxylic acids is 1.